The van der Waals surface area contributed by atoms with E-state index in [1.165, 1.54) is 31.0 Å². The van der Waals surface area contributed by atoms with Gasteiger partial charge in [0, 0.05) is 43.8 Å². The van der Waals surface area contributed by atoms with Crippen molar-refractivity contribution >= 4 is 34.2 Å². The molecule has 1 saturated carbocycles. The number of thioether (sulfide) groups is 1. The molecule has 32 heavy (non-hydrogen) atoms. The van der Waals surface area contributed by atoms with Crippen molar-refractivity contribution in [2.45, 2.75) is 49.2 Å². The Hall–Kier alpha value is -1.81. The molecule has 5 atom stereocenters. The lowest BCUT2D eigenvalue weighted by Gasteiger charge is -2.37. The molecule has 0 unspecified atom stereocenters. The summed E-state index contributed by atoms with van der Waals surface area (Å²) in [4.78, 5) is 22.1. The summed E-state index contributed by atoms with van der Waals surface area (Å²) in [6.07, 6.45) is 2.10. The second kappa shape index (κ2) is 10.4. The Bertz CT molecular complexity index is 812. The number of fused-ring (bicyclic) bond motifs is 1. The summed E-state index contributed by atoms with van der Waals surface area (Å²) in [7, 11) is 3.99. The molecule has 2 aliphatic heterocycles. The van der Waals surface area contributed by atoms with Gasteiger partial charge in [0.15, 0.2) is 5.17 Å². The number of hydrogen-bond donors (Lipinski definition) is 4. The van der Waals surface area contributed by atoms with E-state index in [1.807, 2.05) is 43.3 Å². The standard InChI is InChI=1S/C23H35N5O3S/c1-27(2)16-8-6-15(7-9-16)25-23-26-19-20(30)18(29)14-17(21(19)32-23)22(31)24-10-13-28-11-4-3-5-12-28/h6-9,17-21,29-30H,3-5,10-14H2,1-2H3,(H,24,31)(H,25,26)/t17-,18+,19+,20-,21+/m0/s1. The summed E-state index contributed by atoms with van der Waals surface area (Å²) in [6.45, 7) is 3.67. The summed E-state index contributed by atoms with van der Waals surface area (Å²) in [5, 5.41) is 27.8. The van der Waals surface area contributed by atoms with Gasteiger partial charge in [0.05, 0.1) is 18.1 Å². The molecule has 1 aromatic rings. The lowest BCUT2D eigenvalue weighted by molar-refractivity contribution is -0.129. The van der Waals surface area contributed by atoms with Gasteiger partial charge in [-0.3, -0.25) is 9.79 Å². The van der Waals surface area contributed by atoms with Crippen LogP contribution in [0.25, 0.3) is 0 Å². The number of piperidine rings is 1. The fourth-order valence-corrected chi connectivity index (χ4v) is 6.10. The van der Waals surface area contributed by atoms with Gasteiger partial charge < -0.3 is 30.6 Å². The second-order valence-corrected chi connectivity index (χ2v) is 10.3. The summed E-state index contributed by atoms with van der Waals surface area (Å²) in [6, 6.07) is 7.51. The minimum absolute atomic E-state index is 0.0535. The number of nitrogens with zero attached hydrogens (tertiary/aromatic N) is 3. The highest BCUT2D eigenvalue weighted by atomic mass is 32.2. The molecule has 176 valence electrons. The Morgan fingerprint density at radius 3 is 2.59 bits per heavy atom. The van der Waals surface area contributed by atoms with Crippen molar-refractivity contribution in [3.8, 4) is 0 Å². The number of aliphatic hydroxyl groups excluding tert-OH is 2. The van der Waals surface area contributed by atoms with E-state index in [0.717, 1.165) is 31.0 Å². The first-order valence-electron chi connectivity index (χ1n) is 11.6. The van der Waals surface area contributed by atoms with Crippen LogP contribution in [0.15, 0.2) is 29.3 Å². The second-order valence-electron chi connectivity index (χ2n) is 9.17. The van der Waals surface area contributed by atoms with Crippen molar-refractivity contribution in [2.75, 3.05) is 50.5 Å². The number of likely N-dealkylation sites (tertiary alicyclic amines) is 1. The van der Waals surface area contributed by atoms with Crippen LogP contribution in [-0.4, -0.2) is 90.0 Å². The highest BCUT2D eigenvalue weighted by molar-refractivity contribution is 8.15. The molecule has 1 saturated heterocycles. The van der Waals surface area contributed by atoms with Crippen molar-refractivity contribution in [3.05, 3.63) is 24.3 Å². The molecule has 0 aromatic heterocycles. The number of amidine groups is 1. The van der Waals surface area contributed by atoms with Crippen LogP contribution in [0.5, 0.6) is 0 Å². The van der Waals surface area contributed by atoms with Crippen molar-refractivity contribution in [1.29, 1.82) is 0 Å². The SMILES string of the molecule is CN(C)c1ccc(NC2=N[C@@H]3[C@@H](O)[C@H](O)C[C@H](C(=O)NCCN4CCCCC4)[C@H]3S2)cc1. The van der Waals surface area contributed by atoms with Crippen LogP contribution in [0.1, 0.15) is 25.7 Å². The molecule has 9 heteroatoms. The molecule has 1 amide bonds. The Labute approximate surface area is 194 Å². The molecule has 0 bridgehead atoms. The fraction of sp³-hybridized carbons (Fsp3) is 0.652. The zero-order valence-electron chi connectivity index (χ0n) is 18.9. The Morgan fingerprint density at radius 2 is 1.91 bits per heavy atom. The molecular formula is C23H35N5O3S. The minimum Gasteiger partial charge on any atom is -0.390 e. The molecule has 2 heterocycles. The van der Waals surface area contributed by atoms with Gasteiger partial charge in [-0.25, -0.2) is 0 Å². The number of aliphatic imine (C=N–C) groups is 1. The first kappa shape index (κ1) is 23.4. The molecule has 0 radical (unpaired) electrons. The van der Waals surface area contributed by atoms with Gasteiger partial charge in [0.1, 0.15) is 6.10 Å². The number of anilines is 2. The summed E-state index contributed by atoms with van der Waals surface area (Å²) >= 11 is 1.49. The number of benzene rings is 1. The van der Waals surface area contributed by atoms with E-state index in [4.69, 9.17) is 0 Å². The van der Waals surface area contributed by atoms with Gasteiger partial charge >= 0.3 is 0 Å². The van der Waals surface area contributed by atoms with Crippen LogP contribution in [0.3, 0.4) is 0 Å². The lowest BCUT2D eigenvalue weighted by Crippen LogP contribution is -2.54. The molecule has 4 N–H and O–H groups in total. The average Bonchev–Trinajstić information content (AvgIpc) is 3.21. The number of aliphatic hydroxyl groups is 2. The van der Waals surface area contributed by atoms with Crippen molar-refractivity contribution in [3.63, 3.8) is 0 Å². The molecule has 0 spiro atoms. The number of amides is 1. The Kier molecular flexibility index (Phi) is 7.60. The van der Waals surface area contributed by atoms with Gasteiger partial charge in [-0.15, -0.1) is 0 Å². The first-order valence-corrected chi connectivity index (χ1v) is 12.5. The highest BCUT2D eigenvalue weighted by Crippen LogP contribution is 2.41. The smallest absolute Gasteiger partial charge is 0.224 e. The fourth-order valence-electron chi connectivity index (χ4n) is 4.73. The Balaban J connectivity index is 1.36. The van der Waals surface area contributed by atoms with Gasteiger partial charge in [-0.1, -0.05) is 18.2 Å². The van der Waals surface area contributed by atoms with E-state index in [9.17, 15) is 15.0 Å². The van der Waals surface area contributed by atoms with Crippen LogP contribution >= 0.6 is 11.8 Å². The van der Waals surface area contributed by atoms with Crippen LogP contribution in [0.2, 0.25) is 0 Å². The maximum atomic E-state index is 13.0. The number of rotatable bonds is 6. The van der Waals surface area contributed by atoms with Crippen LogP contribution in [-0.2, 0) is 4.79 Å². The van der Waals surface area contributed by atoms with E-state index in [-0.39, 0.29) is 23.5 Å². The maximum Gasteiger partial charge on any atom is 0.224 e. The maximum absolute atomic E-state index is 13.0. The lowest BCUT2D eigenvalue weighted by atomic mass is 9.81. The quantitative estimate of drug-likeness (QED) is 0.507. The number of carbonyl (C=O) groups excluding carboxylic acids is 1. The topological polar surface area (TPSA) is 100 Å². The third kappa shape index (κ3) is 5.39. The molecular weight excluding hydrogens is 426 g/mol. The largest absolute Gasteiger partial charge is 0.390 e. The van der Waals surface area contributed by atoms with Crippen molar-refractivity contribution in [2.24, 2.45) is 10.9 Å². The molecule has 3 aliphatic rings. The predicted octanol–water partition coefficient (Wildman–Crippen LogP) is 1.35. The molecule has 8 nitrogen and oxygen atoms in total. The van der Waals surface area contributed by atoms with E-state index in [1.54, 1.807) is 0 Å². The van der Waals surface area contributed by atoms with Gasteiger partial charge in [-0.2, -0.15) is 0 Å². The average molecular weight is 462 g/mol. The normalized spacial score (nSPS) is 30.4. The monoisotopic (exact) mass is 461 g/mol. The van der Waals surface area contributed by atoms with Crippen molar-refractivity contribution < 1.29 is 15.0 Å². The number of carbonyl (C=O) groups is 1. The third-order valence-corrected chi connectivity index (χ3v) is 7.94. The van der Waals surface area contributed by atoms with Crippen LogP contribution < -0.4 is 15.5 Å². The van der Waals surface area contributed by atoms with E-state index in [2.05, 4.69) is 20.5 Å². The first-order chi connectivity index (χ1) is 15.4. The number of hydrogen-bond acceptors (Lipinski definition) is 8. The Morgan fingerprint density at radius 1 is 1.19 bits per heavy atom. The van der Waals surface area contributed by atoms with E-state index >= 15 is 0 Å². The molecule has 1 aromatic carbocycles. The predicted molar refractivity (Wildman–Crippen MR) is 130 cm³/mol. The van der Waals surface area contributed by atoms with Crippen LogP contribution in [0.4, 0.5) is 11.4 Å². The summed E-state index contributed by atoms with van der Waals surface area (Å²) < 4.78 is 0. The highest BCUT2D eigenvalue weighted by Gasteiger charge is 2.50. The zero-order chi connectivity index (χ0) is 22.7. The zero-order valence-corrected chi connectivity index (χ0v) is 19.7. The summed E-state index contributed by atoms with van der Waals surface area (Å²) in [5.41, 5.74) is 2.00. The molecule has 4 rings (SSSR count). The van der Waals surface area contributed by atoms with E-state index in [0.29, 0.717) is 11.7 Å². The van der Waals surface area contributed by atoms with Gasteiger partial charge in [0.25, 0.3) is 0 Å². The minimum atomic E-state index is -0.958. The van der Waals surface area contributed by atoms with Crippen LogP contribution in [0, 0.1) is 5.92 Å². The van der Waals surface area contributed by atoms with E-state index < -0.39 is 18.2 Å². The van der Waals surface area contributed by atoms with Gasteiger partial charge in [-0.05, 0) is 56.6 Å². The number of nitrogens with one attached hydrogen (secondary N) is 2. The summed E-state index contributed by atoms with van der Waals surface area (Å²) in [5.74, 6) is -0.439. The molecule has 2 fully saturated rings. The molecule has 1 aliphatic carbocycles. The van der Waals surface area contributed by atoms with Crippen molar-refractivity contribution in [1.82, 2.24) is 10.2 Å². The van der Waals surface area contributed by atoms with Gasteiger partial charge in [0.2, 0.25) is 5.91 Å². The third-order valence-electron chi connectivity index (χ3n) is 6.63.